The van der Waals surface area contributed by atoms with Gasteiger partial charge in [-0.1, -0.05) is 12.1 Å². The Morgan fingerprint density at radius 1 is 1.32 bits per heavy atom. The van der Waals surface area contributed by atoms with Gasteiger partial charge in [-0.05, 0) is 51.7 Å². The van der Waals surface area contributed by atoms with Gasteiger partial charge in [0.25, 0.3) is 0 Å². The fourth-order valence-electron chi connectivity index (χ4n) is 3.36. The lowest BCUT2D eigenvalue weighted by atomic mass is 10.0. The van der Waals surface area contributed by atoms with Crippen molar-refractivity contribution >= 4 is 0 Å². The van der Waals surface area contributed by atoms with Crippen molar-refractivity contribution in [3.05, 3.63) is 11.7 Å². The van der Waals surface area contributed by atoms with Crippen LogP contribution in [0.1, 0.15) is 56.8 Å². The highest BCUT2D eigenvalue weighted by molar-refractivity contribution is 4.99. The molecule has 1 atom stereocenters. The van der Waals surface area contributed by atoms with Crippen molar-refractivity contribution in [1.29, 1.82) is 0 Å². The number of nitrogens with one attached hydrogen (secondary N) is 1. The Morgan fingerprint density at radius 2 is 2.16 bits per heavy atom. The number of piperidine rings is 1. The van der Waals surface area contributed by atoms with Gasteiger partial charge >= 0.3 is 0 Å². The molecule has 2 fully saturated rings. The molecule has 0 bridgehead atoms. The summed E-state index contributed by atoms with van der Waals surface area (Å²) in [7, 11) is 0. The highest BCUT2D eigenvalue weighted by atomic mass is 16.5. The molecule has 0 radical (unpaired) electrons. The Labute approximate surface area is 114 Å². The van der Waals surface area contributed by atoms with E-state index in [1.807, 2.05) is 0 Å². The van der Waals surface area contributed by atoms with Crippen molar-refractivity contribution in [2.24, 2.45) is 0 Å². The zero-order valence-corrected chi connectivity index (χ0v) is 11.8. The van der Waals surface area contributed by atoms with E-state index in [4.69, 9.17) is 4.52 Å². The predicted octanol–water partition coefficient (Wildman–Crippen LogP) is 1.91. The molecule has 2 saturated heterocycles. The monoisotopic (exact) mass is 264 g/mol. The summed E-state index contributed by atoms with van der Waals surface area (Å²) in [6.45, 7) is 5.60. The van der Waals surface area contributed by atoms with Crippen LogP contribution >= 0.6 is 0 Å². The largest absolute Gasteiger partial charge is 0.338 e. The predicted molar refractivity (Wildman–Crippen MR) is 72.9 cm³/mol. The zero-order chi connectivity index (χ0) is 13.1. The number of rotatable bonds is 4. The minimum Gasteiger partial charge on any atom is -0.338 e. The topological polar surface area (TPSA) is 54.2 Å². The summed E-state index contributed by atoms with van der Waals surface area (Å²) in [5.41, 5.74) is 0. The van der Waals surface area contributed by atoms with Crippen molar-refractivity contribution < 1.29 is 4.52 Å². The van der Waals surface area contributed by atoms with Crippen LogP contribution in [-0.2, 0) is 6.42 Å². The van der Waals surface area contributed by atoms with Gasteiger partial charge < -0.3 is 9.84 Å². The van der Waals surface area contributed by atoms with Gasteiger partial charge in [0.2, 0.25) is 5.89 Å². The standard InChI is InChI=1S/C14H24N4O/c1-2-4-13-16-14(19-17-13)12-5-3-10-18(12)11-6-8-15-9-7-11/h11-12,15H,2-10H2,1H3. The maximum atomic E-state index is 5.50. The van der Waals surface area contributed by atoms with Gasteiger partial charge in [0.15, 0.2) is 5.82 Å². The number of aryl methyl sites for hydroxylation is 1. The number of hydrogen-bond acceptors (Lipinski definition) is 5. The molecular formula is C14H24N4O. The fourth-order valence-corrected chi connectivity index (χ4v) is 3.36. The van der Waals surface area contributed by atoms with Crippen LogP contribution in [0.4, 0.5) is 0 Å². The Bertz CT molecular complexity index is 400. The molecule has 5 nitrogen and oxygen atoms in total. The Hall–Kier alpha value is -0.940. The van der Waals surface area contributed by atoms with Gasteiger partial charge in [-0.25, -0.2) is 0 Å². The van der Waals surface area contributed by atoms with Crippen LogP contribution in [0.2, 0.25) is 0 Å². The molecule has 0 aliphatic carbocycles. The molecule has 0 aromatic carbocycles. The second-order valence-corrected chi connectivity index (χ2v) is 5.68. The van der Waals surface area contributed by atoms with E-state index in [1.54, 1.807) is 0 Å². The summed E-state index contributed by atoms with van der Waals surface area (Å²) in [5, 5.41) is 7.54. The van der Waals surface area contributed by atoms with Gasteiger partial charge in [0, 0.05) is 12.5 Å². The van der Waals surface area contributed by atoms with Crippen LogP contribution < -0.4 is 5.32 Å². The third kappa shape index (κ3) is 2.82. The average Bonchev–Trinajstić information content (AvgIpc) is 3.08. The molecule has 1 N–H and O–H groups in total. The molecule has 2 aliphatic rings. The third-order valence-electron chi connectivity index (χ3n) is 4.31. The van der Waals surface area contributed by atoms with Gasteiger partial charge in [0.05, 0.1) is 6.04 Å². The fraction of sp³-hybridized carbons (Fsp3) is 0.857. The molecule has 3 heterocycles. The first kappa shape index (κ1) is 13.1. The summed E-state index contributed by atoms with van der Waals surface area (Å²) in [5.74, 6) is 1.72. The molecular weight excluding hydrogens is 240 g/mol. The second-order valence-electron chi connectivity index (χ2n) is 5.68. The van der Waals surface area contributed by atoms with E-state index in [2.05, 4.69) is 27.3 Å². The van der Waals surface area contributed by atoms with E-state index in [-0.39, 0.29) is 0 Å². The van der Waals surface area contributed by atoms with E-state index in [1.165, 1.54) is 25.8 Å². The molecule has 5 heteroatoms. The molecule has 1 unspecified atom stereocenters. The van der Waals surface area contributed by atoms with Crippen molar-refractivity contribution in [3.8, 4) is 0 Å². The van der Waals surface area contributed by atoms with Crippen LogP contribution in [0.25, 0.3) is 0 Å². The van der Waals surface area contributed by atoms with Crippen molar-refractivity contribution in [2.45, 2.75) is 57.5 Å². The van der Waals surface area contributed by atoms with Crippen LogP contribution in [0.5, 0.6) is 0 Å². The molecule has 106 valence electrons. The van der Waals surface area contributed by atoms with Crippen LogP contribution in [0.3, 0.4) is 0 Å². The van der Waals surface area contributed by atoms with Gasteiger partial charge in [-0.3, -0.25) is 4.90 Å². The van der Waals surface area contributed by atoms with Crippen LogP contribution in [0.15, 0.2) is 4.52 Å². The van der Waals surface area contributed by atoms with Crippen molar-refractivity contribution in [1.82, 2.24) is 20.4 Å². The first-order valence-electron chi connectivity index (χ1n) is 7.67. The molecule has 0 saturated carbocycles. The lowest BCUT2D eigenvalue weighted by Crippen LogP contribution is -2.42. The van der Waals surface area contributed by atoms with Gasteiger partial charge in [-0.2, -0.15) is 4.98 Å². The molecule has 19 heavy (non-hydrogen) atoms. The number of likely N-dealkylation sites (tertiary alicyclic amines) is 1. The second kappa shape index (κ2) is 6.01. The SMILES string of the molecule is CCCc1noc(C2CCCN2C2CCNCC2)n1. The molecule has 3 rings (SSSR count). The van der Waals surface area contributed by atoms with Crippen LogP contribution in [-0.4, -0.2) is 40.7 Å². The first-order valence-corrected chi connectivity index (χ1v) is 7.67. The van der Waals surface area contributed by atoms with Gasteiger partial charge in [-0.15, -0.1) is 0 Å². The normalized spacial score (nSPS) is 26.1. The van der Waals surface area contributed by atoms with E-state index >= 15 is 0 Å². The summed E-state index contributed by atoms with van der Waals surface area (Å²) in [6, 6.07) is 1.05. The summed E-state index contributed by atoms with van der Waals surface area (Å²) in [4.78, 5) is 7.19. The smallest absolute Gasteiger partial charge is 0.244 e. The summed E-state index contributed by atoms with van der Waals surface area (Å²) >= 11 is 0. The molecule has 1 aromatic heterocycles. The van der Waals surface area contributed by atoms with E-state index < -0.39 is 0 Å². The third-order valence-corrected chi connectivity index (χ3v) is 4.31. The summed E-state index contributed by atoms with van der Waals surface area (Å²) in [6.07, 6.45) is 6.89. The Morgan fingerprint density at radius 3 is 2.95 bits per heavy atom. The first-order chi connectivity index (χ1) is 9.38. The molecule has 1 aromatic rings. The summed E-state index contributed by atoms with van der Waals surface area (Å²) < 4.78 is 5.50. The minimum atomic E-state index is 0.362. The Kier molecular flexibility index (Phi) is 4.13. The zero-order valence-electron chi connectivity index (χ0n) is 11.8. The highest BCUT2D eigenvalue weighted by Gasteiger charge is 2.35. The maximum absolute atomic E-state index is 5.50. The molecule has 0 amide bonds. The lowest BCUT2D eigenvalue weighted by Gasteiger charge is -2.34. The minimum absolute atomic E-state index is 0.362. The number of nitrogens with zero attached hydrogens (tertiary/aromatic N) is 3. The average molecular weight is 264 g/mol. The van der Waals surface area contributed by atoms with E-state index in [9.17, 15) is 0 Å². The maximum Gasteiger partial charge on any atom is 0.244 e. The highest BCUT2D eigenvalue weighted by Crippen LogP contribution is 2.34. The van der Waals surface area contributed by atoms with Gasteiger partial charge in [0.1, 0.15) is 0 Å². The van der Waals surface area contributed by atoms with Crippen molar-refractivity contribution in [3.63, 3.8) is 0 Å². The Balaban J connectivity index is 1.70. The molecule has 0 spiro atoms. The number of hydrogen-bond donors (Lipinski definition) is 1. The van der Waals surface area contributed by atoms with Crippen LogP contribution in [0, 0.1) is 0 Å². The lowest BCUT2D eigenvalue weighted by molar-refractivity contribution is 0.126. The quantitative estimate of drug-likeness (QED) is 0.900. The van der Waals surface area contributed by atoms with E-state index in [0.717, 1.165) is 44.1 Å². The van der Waals surface area contributed by atoms with Crippen molar-refractivity contribution in [2.75, 3.05) is 19.6 Å². The number of aromatic nitrogens is 2. The molecule has 2 aliphatic heterocycles. The van der Waals surface area contributed by atoms with E-state index in [0.29, 0.717) is 12.1 Å².